The highest BCUT2D eigenvalue weighted by Gasteiger charge is 2.12. The van der Waals surface area contributed by atoms with Crippen LogP contribution in [0, 0.1) is 0 Å². The van der Waals surface area contributed by atoms with Crippen LogP contribution in [0.2, 0.25) is 0 Å². The molecule has 0 amide bonds. The third kappa shape index (κ3) is 3.95. The monoisotopic (exact) mass is 301 g/mol. The van der Waals surface area contributed by atoms with Gasteiger partial charge in [-0.3, -0.25) is 4.79 Å². The minimum atomic E-state index is -0.357. The van der Waals surface area contributed by atoms with Crippen molar-refractivity contribution >= 4 is 0 Å². The number of aryl methyl sites for hydroxylation is 1. The Hall–Kier alpha value is -2.14. The highest BCUT2D eigenvalue weighted by molar-refractivity contribution is 5.32. The number of nitrogens with two attached hydrogens (primary N) is 1. The Bertz CT molecular complexity index is 650. The van der Waals surface area contributed by atoms with Gasteiger partial charge in [0.15, 0.2) is 0 Å². The van der Waals surface area contributed by atoms with Gasteiger partial charge in [0.05, 0.1) is 18.3 Å². The van der Waals surface area contributed by atoms with Gasteiger partial charge in [0.25, 0.3) is 5.56 Å². The normalized spacial score (nSPS) is 12.1. The summed E-state index contributed by atoms with van der Waals surface area (Å²) in [5.41, 5.74) is 7.82. The zero-order chi connectivity index (χ0) is 15.9. The van der Waals surface area contributed by atoms with Crippen molar-refractivity contribution in [2.75, 3.05) is 6.61 Å². The standard InChI is InChI=1S/C17H23N3O2/c1-3-5-12-20-16(21)11-10-15(19-20)17(18)13-6-8-14(9-7-13)22-4-2/h6-11,17H,3-5,12,18H2,1-2H3. The fraction of sp³-hybridized carbons (Fsp3) is 0.412. The van der Waals surface area contributed by atoms with Gasteiger partial charge in [-0.05, 0) is 37.1 Å². The number of rotatable bonds is 7. The second-order valence-corrected chi connectivity index (χ2v) is 5.15. The van der Waals surface area contributed by atoms with E-state index in [0.29, 0.717) is 18.8 Å². The SMILES string of the molecule is CCCCn1nc(C(N)c2ccc(OCC)cc2)ccc1=O. The van der Waals surface area contributed by atoms with Crippen LogP contribution in [0.15, 0.2) is 41.2 Å². The molecule has 1 unspecified atom stereocenters. The van der Waals surface area contributed by atoms with Gasteiger partial charge in [0.2, 0.25) is 0 Å². The van der Waals surface area contributed by atoms with E-state index in [2.05, 4.69) is 12.0 Å². The van der Waals surface area contributed by atoms with E-state index in [4.69, 9.17) is 10.5 Å². The highest BCUT2D eigenvalue weighted by Crippen LogP contribution is 2.20. The summed E-state index contributed by atoms with van der Waals surface area (Å²) in [6.07, 6.45) is 1.94. The zero-order valence-corrected chi connectivity index (χ0v) is 13.2. The first-order valence-electron chi connectivity index (χ1n) is 7.72. The molecular weight excluding hydrogens is 278 g/mol. The largest absolute Gasteiger partial charge is 0.494 e. The molecule has 5 nitrogen and oxygen atoms in total. The summed E-state index contributed by atoms with van der Waals surface area (Å²) in [4.78, 5) is 11.8. The van der Waals surface area contributed by atoms with E-state index in [1.54, 1.807) is 6.07 Å². The van der Waals surface area contributed by atoms with Crippen LogP contribution in [0.1, 0.15) is 44.0 Å². The Balaban J connectivity index is 2.21. The van der Waals surface area contributed by atoms with Gasteiger partial charge >= 0.3 is 0 Å². The average molecular weight is 301 g/mol. The molecule has 0 radical (unpaired) electrons. The maximum atomic E-state index is 11.8. The molecular formula is C17H23N3O2. The molecule has 0 aliphatic carbocycles. The predicted octanol–water partition coefficient (Wildman–Crippen LogP) is 2.49. The Labute approximate surface area is 130 Å². The molecule has 118 valence electrons. The molecule has 1 atom stereocenters. The van der Waals surface area contributed by atoms with Crippen molar-refractivity contribution in [3.05, 3.63) is 58.0 Å². The van der Waals surface area contributed by atoms with E-state index in [1.165, 1.54) is 10.7 Å². The molecule has 0 fully saturated rings. The van der Waals surface area contributed by atoms with E-state index >= 15 is 0 Å². The van der Waals surface area contributed by atoms with Crippen molar-refractivity contribution in [1.82, 2.24) is 9.78 Å². The van der Waals surface area contributed by atoms with Gasteiger partial charge < -0.3 is 10.5 Å². The Morgan fingerprint density at radius 2 is 1.91 bits per heavy atom. The van der Waals surface area contributed by atoms with Crippen molar-refractivity contribution < 1.29 is 4.74 Å². The smallest absolute Gasteiger partial charge is 0.266 e. The maximum Gasteiger partial charge on any atom is 0.266 e. The fourth-order valence-electron chi connectivity index (χ4n) is 2.21. The number of aromatic nitrogens is 2. The van der Waals surface area contributed by atoms with Crippen molar-refractivity contribution in [3.63, 3.8) is 0 Å². The first-order chi connectivity index (χ1) is 10.7. The summed E-state index contributed by atoms with van der Waals surface area (Å²) in [5.74, 6) is 0.819. The third-order valence-corrected chi connectivity index (χ3v) is 3.48. The molecule has 22 heavy (non-hydrogen) atoms. The molecule has 2 rings (SSSR count). The molecule has 5 heteroatoms. The van der Waals surface area contributed by atoms with Crippen LogP contribution in [0.25, 0.3) is 0 Å². The van der Waals surface area contributed by atoms with E-state index in [1.807, 2.05) is 31.2 Å². The van der Waals surface area contributed by atoms with Crippen LogP contribution in [0.5, 0.6) is 5.75 Å². The van der Waals surface area contributed by atoms with Gasteiger partial charge in [0, 0.05) is 12.6 Å². The molecule has 1 heterocycles. The van der Waals surface area contributed by atoms with Crippen LogP contribution in [0.3, 0.4) is 0 Å². The van der Waals surface area contributed by atoms with E-state index in [-0.39, 0.29) is 11.6 Å². The number of unbranched alkanes of at least 4 members (excludes halogenated alkanes) is 1. The van der Waals surface area contributed by atoms with Gasteiger partial charge in [0.1, 0.15) is 5.75 Å². The molecule has 1 aromatic carbocycles. The third-order valence-electron chi connectivity index (χ3n) is 3.48. The molecule has 0 saturated heterocycles. The molecule has 1 aromatic heterocycles. The van der Waals surface area contributed by atoms with Crippen LogP contribution in [0.4, 0.5) is 0 Å². The summed E-state index contributed by atoms with van der Waals surface area (Å²) < 4.78 is 6.92. The first-order valence-corrected chi connectivity index (χ1v) is 7.72. The quantitative estimate of drug-likeness (QED) is 0.853. The number of hydrogen-bond acceptors (Lipinski definition) is 4. The Kier molecular flexibility index (Phi) is 5.72. The maximum absolute atomic E-state index is 11.8. The van der Waals surface area contributed by atoms with Crippen LogP contribution in [-0.2, 0) is 6.54 Å². The van der Waals surface area contributed by atoms with Crippen LogP contribution >= 0.6 is 0 Å². The van der Waals surface area contributed by atoms with Gasteiger partial charge in [-0.2, -0.15) is 5.10 Å². The lowest BCUT2D eigenvalue weighted by Crippen LogP contribution is -2.26. The number of hydrogen-bond donors (Lipinski definition) is 1. The highest BCUT2D eigenvalue weighted by atomic mass is 16.5. The molecule has 0 bridgehead atoms. The summed E-state index contributed by atoms with van der Waals surface area (Å²) in [6, 6.07) is 10.5. The van der Waals surface area contributed by atoms with Crippen molar-refractivity contribution in [2.45, 2.75) is 39.3 Å². The van der Waals surface area contributed by atoms with Gasteiger partial charge in [-0.1, -0.05) is 25.5 Å². The van der Waals surface area contributed by atoms with Crippen LogP contribution < -0.4 is 16.0 Å². The molecule has 2 N–H and O–H groups in total. The van der Waals surface area contributed by atoms with E-state index in [0.717, 1.165) is 24.2 Å². The number of benzene rings is 1. The zero-order valence-electron chi connectivity index (χ0n) is 13.2. The van der Waals surface area contributed by atoms with Crippen LogP contribution in [-0.4, -0.2) is 16.4 Å². The summed E-state index contributed by atoms with van der Waals surface area (Å²) in [5, 5.41) is 4.39. The average Bonchev–Trinajstić information content (AvgIpc) is 2.54. The summed E-state index contributed by atoms with van der Waals surface area (Å²) in [7, 11) is 0. The lowest BCUT2D eigenvalue weighted by Gasteiger charge is -2.14. The molecule has 0 spiro atoms. The lowest BCUT2D eigenvalue weighted by molar-refractivity contribution is 0.340. The van der Waals surface area contributed by atoms with Crippen molar-refractivity contribution in [1.29, 1.82) is 0 Å². The minimum absolute atomic E-state index is 0.0870. The van der Waals surface area contributed by atoms with Gasteiger partial charge in [-0.15, -0.1) is 0 Å². The van der Waals surface area contributed by atoms with Gasteiger partial charge in [-0.25, -0.2) is 4.68 Å². The lowest BCUT2D eigenvalue weighted by atomic mass is 10.0. The summed E-state index contributed by atoms with van der Waals surface area (Å²) >= 11 is 0. The minimum Gasteiger partial charge on any atom is -0.494 e. The molecule has 0 saturated carbocycles. The summed E-state index contributed by atoms with van der Waals surface area (Å²) in [6.45, 7) is 5.29. The topological polar surface area (TPSA) is 70.1 Å². The predicted molar refractivity (Wildman–Crippen MR) is 87.0 cm³/mol. The molecule has 0 aliphatic rings. The number of nitrogens with zero attached hydrogens (tertiary/aromatic N) is 2. The van der Waals surface area contributed by atoms with Crippen molar-refractivity contribution in [3.8, 4) is 5.75 Å². The molecule has 2 aromatic rings. The van der Waals surface area contributed by atoms with E-state index in [9.17, 15) is 4.79 Å². The molecule has 0 aliphatic heterocycles. The first kappa shape index (κ1) is 16.2. The second kappa shape index (κ2) is 7.75. The Morgan fingerprint density at radius 1 is 1.18 bits per heavy atom. The van der Waals surface area contributed by atoms with E-state index < -0.39 is 0 Å². The second-order valence-electron chi connectivity index (χ2n) is 5.15. The Morgan fingerprint density at radius 3 is 2.55 bits per heavy atom. The fourth-order valence-corrected chi connectivity index (χ4v) is 2.21. The van der Waals surface area contributed by atoms with Crippen molar-refractivity contribution in [2.24, 2.45) is 5.73 Å². The number of ether oxygens (including phenoxy) is 1.